The number of hydrogen-bond donors (Lipinski definition) is 0. The third-order valence-electron chi connectivity index (χ3n) is 1.52. The number of halogens is 1. The van der Waals surface area contributed by atoms with Gasteiger partial charge in [-0.05, 0) is 19.9 Å². The fourth-order valence-corrected chi connectivity index (χ4v) is 3.71. The quantitative estimate of drug-likeness (QED) is 0.365. The van der Waals surface area contributed by atoms with Crippen molar-refractivity contribution in [1.82, 2.24) is 0 Å². The van der Waals surface area contributed by atoms with Crippen molar-refractivity contribution in [3.63, 3.8) is 0 Å². The van der Waals surface area contributed by atoms with E-state index in [9.17, 15) is 0 Å². The lowest BCUT2D eigenvalue weighted by atomic mass is 10.6. The molecule has 2 nitrogen and oxygen atoms in total. The molecule has 4 heteroatoms. The molecule has 0 aliphatic carbocycles. The predicted molar refractivity (Wildman–Crippen MR) is 55.1 cm³/mol. The van der Waals surface area contributed by atoms with Gasteiger partial charge in [0, 0.05) is 13.2 Å². The SMILES string of the molecule is CCC[SiH](Cl)C(OCC)OCC. The largest absolute Gasteiger partial charge is 0.355 e. The highest BCUT2D eigenvalue weighted by Crippen LogP contribution is 2.11. The zero-order chi connectivity index (χ0) is 9.40. The summed E-state index contributed by atoms with van der Waals surface area (Å²) in [5.41, 5.74) is 0. The molecule has 0 aliphatic heterocycles. The van der Waals surface area contributed by atoms with Crippen LogP contribution in [0.4, 0.5) is 0 Å². The summed E-state index contributed by atoms with van der Waals surface area (Å²) < 4.78 is 10.8. The average Bonchev–Trinajstić information content (AvgIpc) is 2.04. The Hall–Kier alpha value is 0.427. The fraction of sp³-hybridized carbons (Fsp3) is 1.00. The van der Waals surface area contributed by atoms with Gasteiger partial charge in [-0.2, -0.15) is 11.1 Å². The molecule has 0 aromatic carbocycles. The molecule has 0 spiro atoms. The van der Waals surface area contributed by atoms with Crippen LogP contribution in [0.25, 0.3) is 0 Å². The van der Waals surface area contributed by atoms with Crippen LogP contribution in [-0.4, -0.2) is 27.2 Å². The molecule has 0 aromatic heterocycles. The molecule has 0 saturated heterocycles. The van der Waals surface area contributed by atoms with E-state index in [-0.39, 0.29) is 5.91 Å². The molecule has 0 aromatic rings. The molecular weight excluding hydrogens is 192 g/mol. The van der Waals surface area contributed by atoms with Gasteiger partial charge in [-0.25, -0.2) is 0 Å². The van der Waals surface area contributed by atoms with Gasteiger partial charge in [0.15, 0.2) is 5.91 Å². The van der Waals surface area contributed by atoms with Gasteiger partial charge in [-0.15, -0.1) is 0 Å². The third-order valence-corrected chi connectivity index (χ3v) is 4.90. The van der Waals surface area contributed by atoms with Gasteiger partial charge in [-0.1, -0.05) is 13.3 Å². The highest BCUT2D eigenvalue weighted by atomic mass is 35.6. The van der Waals surface area contributed by atoms with Gasteiger partial charge < -0.3 is 9.47 Å². The Morgan fingerprint density at radius 3 is 2.00 bits per heavy atom. The minimum atomic E-state index is -1.32. The van der Waals surface area contributed by atoms with Gasteiger partial charge in [0.1, 0.15) is 0 Å². The zero-order valence-corrected chi connectivity index (χ0v) is 10.1. The first-order valence-corrected chi connectivity index (χ1v) is 7.86. The number of ether oxygens (including phenoxy) is 2. The van der Waals surface area contributed by atoms with Crippen molar-refractivity contribution in [1.29, 1.82) is 0 Å². The molecule has 74 valence electrons. The molecule has 0 rings (SSSR count). The average molecular weight is 211 g/mol. The van der Waals surface area contributed by atoms with E-state index in [1.807, 2.05) is 13.8 Å². The van der Waals surface area contributed by atoms with Crippen LogP contribution in [-0.2, 0) is 9.47 Å². The smallest absolute Gasteiger partial charge is 0.204 e. The summed E-state index contributed by atoms with van der Waals surface area (Å²) in [7, 11) is -1.32. The van der Waals surface area contributed by atoms with E-state index in [1.165, 1.54) is 0 Å². The van der Waals surface area contributed by atoms with Gasteiger partial charge in [0.2, 0.25) is 8.11 Å². The summed E-state index contributed by atoms with van der Waals surface area (Å²) in [6, 6.07) is 1.08. The van der Waals surface area contributed by atoms with Gasteiger partial charge in [0.25, 0.3) is 0 Å². The van der Waals surface area contributed by atoms with E-state index >= 15 is 0 Å². The standard InChI is InChI=1S/C8H19ClO2Si/c1-4-7-12(9)8(10-5-2)11-6-3/h8,12H,4-7H2,1-3H3. The molecule has 1 unspecified atom stereocenters. The number of rotatable bonds is 7. The Balaban J connectivity index is 3.72. The van der Waals surface area contributed by atoms with E-state index in [0.717, 1.165) is 12.5 Å². The van der Waals surface area contributed by atoms with Crippen LogP contribution in [0.1, 0.15) is 27.2 Å². The lowest BCUT2D eigenvalue weighted by Gasteiger charge is -2.20. The highest BCUT2D eigenvalue weighted by Gasteiger charge is 2.20. The topological polar surface area (TPSA) is 18.5 Å². The summed E-state index contributed by atoms with van der Waals surface area (Å²) in [5.74, 6) is -0.0957. The molecule has 0 aliphatic rings. The fourth-order valence-electron chi connectivity index (χ4n) is 0.997. The van der Waals surface area contributed by atoms with Gasteiger partial charge in [0.05, 0.1) is 0 Å². The minimum Gasteiger partial charge on any atom is -0.355 e. The minimum absolute atomic E-state index is 0.0957. The first kappa shape index (κ1) is 12.4. The lowest BCUT2D eigenvalue weighted by molar-refractivity contribution is -0.0839. The van der Waals surface area contributed by atoms with E-state index in [2.05, 4.69) is 6.92 Å². The third kappa shape index (κ3) is 5.14. The van der Waals surface area contributed by atoms with Crippen LogP contribution in [0, 0.1) is 0 Å². The summed E-state index contributed by atoms with van der Waals surface area (Å²) in [5, 5.41) is 0. The molecular formula is C8H19ClO2Si. The maximum Gasteiger partial charge on any atom is 0.204 e. The molecule has 12 heavy (non-hydrogen) atoms. The van der Waals surface area contributed by atoms with Crippen LogP contribution in [0.15, 0.2) is 0 Å². The molecule has 0 radical (unpaired) electrons. The first-order valence-electron chi connectivity index (χ1n) is 4.63. The normalized spacial score (nSPS) is 13.8. The molecule has 1 atom stereocenters. The van der Waals surface area contributed by atoms with Crippen molar-refractivity contribution in [2.45, 2.75) is 39.1 Å². The van der Waals surface area contributed by atoms with E-state index in [1.54, 1.807) is 0 Å². The van der Waals surface area contributed by atoms with E-state index in [0.29, 0.717) is 13.2 Å². The molecule has 0 amide bonds. The Morgan fingerprint density at radius 1 is 1.17 bits per heavy atom. The van der Waals surface area contributed by atoms with E-state index in [4.69, 9.17) is 20.6 Å². The first-order chi connectivity index (χ1) is 5.76. The van der Waals surface area contributed by atoms with Crippen LogP contribution in [0.2, 0.25) is 6.04 Å². The van der Waals surface area contributed by atoms with Crippen molar-refractivity contribution in [3.8, 4) is 0 Å². The second kappa shape index (κ2) is 8.04. The lowest BCUT2D eigenvalue weighted by Crippen LogP contribution is -2.31. The molecule has 0 saturated carbocycles. The maximum absolute atomic E-state index is 6.19. The second-order valence-electron chi connectivity index (χ2n) is 2.58. The van der Waals surface area contributed by atoms with Gasteiger partial charge >= 0.3 is 0 Å². The van der Waals surface area contributed by atoms with Crippen molar-refractivity contribution in [3.05, 3.63) is 0 Å². The van der Waals surface area contributed by atoms with Gasteiger partial charge in [-0.3, -0.25) is 0 Å². The second-order valence-corrected chi connectivity index (χ2v) is 6.42. The Bertz CT molecular complexity index is 97.1. The van der Waals surface area contributed by atoms with Crippen LogP contribution >= 0.6 is 11.1 Å². The Morgan fingerprint density at radius 2 is 1.67 bits per heavy atom. The van der Waals surface area contributed by atoms with E-state index < -0.39 is 8.11 Å². The highest BCUT2D eigenvalue weighted by molar-refractivity contribution is 7.07. The number of hydrogen-bond acceptors (Lipinski definition) is 2. The Kier molecular flexibility index (Phi) is 8.33. The van der Waals surface area contributed by atoms with Crippen molar-refractivity contribution in [2.75, 3.05) is 13.2 Å². The van der Waals surface area contributed by atoms with Crippen LogP contribution < -0.4 is 0 Å². The zero-order valence-electron chi connectivity index (χ0n) is 8.18. The summed E-state index contributed by atoms with van der Waals surface area (Å²) >= 11 is 6.19. The van der Waals surface area contributed by atoms with Crippen LogP contribution in [0.5, 0.6) is 0 Å². The molecule has 0 bridgehead atoms. The van der Waals surface area contributed by atoms with Crippen LogP contribution in [0.3, 0.4) is 0 Å². The predicted octanol–water partition coefficient (Wildman–Crippen LogP) is 2.30. The molecule has 0 N–H and O–H groups in total. The maximum atomic E-state index is 6.19. The summed E-state index contributed by atoms with van der Waals surface area (Å²) in [6.07, 6.45) is 1.12. The monoisotopic (exact) mass is 210 g/mol. The van der Waals surface area contributed by atoms with Crippen molar-refractivity contribution >= 4 is 19.2 Å². The van der Waals surface area contributed by atoms with Crippen molar-refractivity contribution < 1.29 is 9.47 Å². The summed E-state index contributed by atoms with van der Waals surface area (Å²) in [6.45, 7) is 7.44. The molecule has 0 fully saturated rings. The molecule has 0 heterocycles. The van der Waals surface area contributed by atoms with Crippen molar-refractivity contribution in [2.24, 2.45) is 0 Å². The Labute approximate surface area is 81.5 Å². The summed E-state index contributed by atoms with van der Waals surface area (Å²) in [4.78, 5) is 0.